The maximum atomic E-state index is 13.1. The van der Waals surface area contributed by atoms with Crippen LogP contribution in [-0.2, 0) is 23.3 Å². The first-order chi connectivity index (χ1) is 21.2. The van der Waals surface area contributed by atoms with Crippen molar-refractivity contribution in [3.8, 4) is 0 Å². The molecule has 2 aromatic heterocycles. The van der Waals surface area contributed by atoms with Crippen LogP contribution >= 0.6 is 7.60 Å². The molecule has 2 unspecified atom stereocenters. The van der Waals surface area contributed by atoms with Crippen molar-refractivity contribution >= 4 is 24.6 Å². The Morgan fingerprint density at radius 2 is 1.50 bits per heavy atom. The molecule has 1 aliphatic rings. The summed E-state index contributed by atoms with van der Waals surface area (Å²) in [6.07, 6.45) is 17.9. The SMILES string of the molecule is CCCCCCCCCCCCCCCCOC1[C@@H](OP(=O)(O)C(C)C)[C@@H](COC(C)C)O[C@H]1n1cnc2c(N)ncnc21. The average Bonchev–Trinajstić information content (AvgIpc) is 3.55. The molecule has 11 nitrogen and oxygen atoms in total. The number of imidazole rings is 1. The highest BCUT2D eigenvalue weighted by atomic mass is 31.2. The van der Waals surface area contributed by atoms with Gasteiger partial charge in [-0.05, 0) is 20.3 Å². The van der Waals surface area contributed by atoms with Gasteiger partial charge in [0.05, 0.1) is 24.7 Å². The third-order valence-electron chi connectivity index (χ3n) is 8.27. The van der Waals surface area contributed by atoms with Crippen molar-refractivity contribution in [2.24, 2.45) is 0 Å². The molecule has 2 aromatic rings. The minimum Gasteiger partial charge on any atom is -0.382 e. The topological polar surface area (TPSA) is 144 Å². The minimum absolute atomic E-state index is 0.0548. The normalized spacial score (nSPS) is 22.0. The molecule has 0 amide bonds. The second-order valence-corrected chi connectivity index (χ2v) is 15.1. The lowest BCUT2D eigenvalue weighted by Crippen LogP contribution is -2.39. The number of nitrogen functional groups attached to an aromatic ring is 1. The Hall–Kier alpha value is -1.62. The number of ether oxygens (including phenoxy) is 3. The van der Waals surface area contributed by atoms with Crippen molar-refractivity contribution in [3.05, 3.63) is 12.7 Å². The first-order valence-corrected chi connectivity index (χ1v) is 18.6. The lowest BCUT2D eigenvalue weighted by Gasteiger charge is -2.28. The molecular weight excluding hydrogens is 581 g/mol. The number of unbranched alkanes of at least 4 members (excludes halogenated alkanes) is 13. The third kappa shape index (κ3) is 11.3. The Kier molecular flexibility index (Phi) is 16.0. The zero-order valence-electron chi connectivity index (χ0n) is 27.7. The summed E-state index contributed by atoms with van der Waals surface area (Å²) in [6.45, 7) is 10.1. The van der Waals surface area contributed by atoms with E-state index in [9.17, 15) is 9.46 Å². The van der Waals surface area contributed by atoms with Crippen molar-refractivity contribution in [1.82, 2.24) is 19.5 Å². The van der Waals surface area contributed by atoms with E-state index in [0.29, 0.717) is 17.8 Å². The van der Waals surface area contributed by atoms with Gasteiger partial charge in [-0.3, -0.25) is 13.7 Å². The van der Waals surface area contributed by atoms with Gasteiger partial charge in [-0.2, -0.15) is 0 Å². The van der Waals surface area contributed by atoms with Crippen molar-refractivity contribution in [3.63, 3.8) is 0 Å². The van der Waals surface area contributed by atoms with Gasteiger partial charge in [0.25, 0.3) is 0 Å². The van der Waals surface area contributed by atoms with E-state index < -0.39 is 37.8 Å². The molecule has 0 bridgehead atoms. The second-order valence-electron chi connectivity index (χ2n) is 12.7. The van der Waals surface area contributed by atoms with Gasteiger partial charge >= 0.3 is 7.60 Å². The number of fused-ring (bicyclic) bond motifs is 1. The molecule has 3 N–H and O–H groups in total. The Labute approximate surface area is 264 Å². The number of hydrogen-bond acceptors (Lipinski definition) is 9. The summed E-state index contributed by atoms with van der Waals surface area (Å²) in [5, 5.41) is 0. The van der Waals surface area contributed by atoms with Crippen LogP contribution in [0.15, 0.2) is 12.7 Å². The van der Waals surface area contributed by atoms with E-state index in [1.807, 2.05) is 13.8 Å². The van der Waals surface area contributed by atoms with Crippen LogP contribution in [0.1, 0.15) is 131 Å². The molecule has 5 atom stereocenters. The Balaban J connectivity index is 1.57. The van der Waals surface area contributed by atoms with Crippen LogP contribution in [0.2, 0.25) is 0 Å². The maximum absolute atomic E-state index is 13.1. The predicted octanol–water partition coefficient (Wildman–Crippen LogP) is 7.58. The molecule has 0 spiro atoms. The summed E-state index contributed by atoms with van der Waals surface area (Å²) >= 11 is 0. The van der Waals surface area contributed by atoms with Gasteiger partial charge in [-0.25, -0.2) is 15.0 Å². The first kappa shape index (κ1) is 36.8. The summed E-state index contributed by atoms with van der Waals surface area (Å²) in [5.74, 6) is 0.263. The van der Waals surface area contributed by atoms with E-state index in [4.69, 9.17) is 24.5 Å². The molecule has 0 saturated carbocycles. The van der Waals surface area contributed by atoms with Gasteiger partial charge in [0.1, 0.15) is 30.2 Å². The largest absolute Gasteiger partial charge is 0.382 e. The summed E-state index contributed by atoms with van der Waals surface area (Å²) in [6, 6.07) is 0. The molecule has 0 radical (unpaired) electrons. The molecule has 0 aromatic carbocycles. The van der Waals surface area contributed by atoms with Gasteiger partial charge in [-0.1, -0.05) is 104 Å². The minimum atomic E-state index is -3.96. The van der Waals surface area contributed by atoms with E-state index >= 15 is 0 Å². The highest BCUT2D eigenvalue weighted by molar-refractivity contribution is 7.53. The van der Waals surface area contributed by atoms with Crippen LogP contribution < -0.4 is 5.73 Å². The zero-order chi connectivity index (χ0) is 32.0. The first-order valence-electron chi connectivity index (χ1n) is 17.0. The molecule has 0 aliphatic carbocycles. The van der Waals surface area contributed by atoms with Crippen LogP contribution in [0.3, 0.4) is 0 Å². The molecule has 1 aliphatic heterocycles. The summed E-state index contributed by atoms with van der Waals surface area (Å²) in [5.41, 5.74) is 6.41. The average molecular weight is 640 g/mol. The number of nitrogens with zero attached hydrogens (tertiary/aromatic N) is 4. The number of nitrogens with two attached hydrogens (primary N) is 1. The molecule has 12 heteroatoms. The molecule has 44 heavy (non-hydrogen) atoms. The van der Waals surface area contributed by atoms with Gasteiger partial charge in [-0.15, -0.1) is 0 Å². The van der Waals surface area contributed by atoms with E-state index in [2.05, 4.69) is 21.9 Å². The van der Waals surface area contributed by atoms with E-state index in [1.54, 1.807) is 24.7 Å². The molecule has 1 fully saturated rings. The number of hydrogen-bond donors (Lipinski definition) is 2. The van der Waals surface area contributed by atoms with E-state index in [1.165, 1.54) is 77.0 Å². The second kappa shape index (κ2) is 19.1. The Bertz CT molecular complexity index is 1130. The predicted molar refractivity (Wildman–Crippen MR) is 175 cm³/mol. The van der Waals surface area contributed by atoms with Crippen molar-refractivity contribution in [1.29, 1.82) is 0 Å². The zero-order valence-corrected chi connectivity index (χ0v) is 28.6. The summed E-state index contributed by atoms with van der Waals surface area (Å²) in [7, 11) is -3.96. The molecule has 1 saturated heterocycles. The molecule has 3 heterocycles. The van der Waals surface area contributed by atoms with E-state index in [-0.39, 0.29) is 18.5 Å². The summed E-state index contributed by atoms with van der Waals surface area (Å²) in [4.78, 5) is 23.5. The summed E-state index contributed by atoms with van der Waals surface area (Å²) < 4.78 is 39.5. The lowest BCUT2D eigenvalue weighted by molar-refractivity contribution is -0.0815. The van der Waals surface area contributed by atoms with Crippen molar-refractivity contribution in [2.75, 3.05) is 18.9 Å². The fourth-order valence-electron chi connectivity index (χ4n) is 5.53. The fourth-order valence-corrected chi connectivity index (χ4v) is 6.37. The van der Waals surface area contributed by atoms with Crippen LogP contribution in [0.4, 0.5) is 5.82 Å². The maximum Gasteiger partial charge on any atom is 0.331 e. The number of rotatable bonds is 23. The van der Waals surface area contributed by atoms with Gasteiger partial charge in [0.2, 0.25) is 0 Å². The van der Waals surface area contributed by atoms with Crippen LogP contribution in [0.25, 0.3) is 11.2 Å². The third-order valence-corrected chi connectivity index (χ3v) is 10.1. The standard InChI is InChI=1S/C32H58N5O6P/c1-6-7-8-9-10-11-12-13-14-15-16-17-18-19-20-40-29-28(43-44(38,39)25(4)5)26(21-41-24(2)3)42-32(29)37-23-36-27-30(33)34-22-35-31(27)37/h22-26,28-29,32H,6-21H2,1-5H3,(H,38,39)(H2,33,34,35)/t26-,28+,29?,32-/m1/s1. The number of anilines is 1. The monoisotopic (exact) mass is 639 g/mol. The van der Waals surface area contributed by atoms with E-state index in [0.717, 1.165) is 19.3 Å². The smallest absolute Gasteiger partial charge is 0.331 e. The van der Waals surface area contributed by atoms with Crippen LogP contribution in [0.5, 0.6) is 0 Å². The molecule has 3 rings (SSSR count). The van der Waals surface area contributed by atoms with Crippen LogP contribution in [0, 0.1) is 0 Å². The van der Waals surface area contributed by atoms with Crippen molar-refractivity contribution in [2.45, 2.75) is 161 Å². The molecule has 252 valence electrons. The highest BCUT2D eigenvalue weighted by Gasteiger charge is 2.51. The molecular formula is C32H58N5O6P. The lowest BCUT2D eigenvalue weighted by atomic mass is 10.0. The van der Waals surface area contributed by atoms with Gasteiger partial charge in [0.15, 0.2) is 17.7 Å². The van der Waals surface area contributed by atoms with Crippen LogP contribution in [-0.4, -0.2) is 67.7 Å². The van der Waals surface area contributed by atoms with Gasteiger partial charge in [0, 0.05) is 6.61 Å². The number of aromatic nitrogens is 4. The Morgan fingerprint density at radius 3 is 2.07 bits per heavy atom. The Morgan fingerprint density at radius 1 is 0.909 bits per heavy atom. The van der Waals surface area contributed by atoms with Crippen molar-refractivity contribution < 1.29 is 28.2 Å². The fraction of sp³-hybridized carbons (Fsp3) is 0.844. The van der Waals surface area contributed by atoms with Gasteiger partial charge < -0.3 is 24.8 Å². The highest BCUT2D eigenvalue weighted by Crippen LogP contribution is 2.52. The quantitative estimate of drug-likeness (QED) is 0.0922.